The SMILES string of the molecule is CCCC1=CCC(C2=CCC(C3C=CC(CCC4CCC(OCC)C=C4F)=CC3)C(F)=C2F)C=C1. The Hall–Kier alpha value is -2.07. The van der Waals surface area contributed by atoms with Crippen LogP contribution in [0.15, 0.2) is 82.8 Å². The molecule has 190 valence electrons. The Labute approximate surface area is 208 Å². The van der Waals surface area contributed by atoms with E-state index in [2.05, 4.69) is 25.2 Å². The molecule has 0 saturated heterocycles. The Morgan fingerprint density at radius 3 is 2.31 bits per heavy atom. The number of hydrogen-bond acceptors (Lipinski definition) is 1. The van der Waals surface area contributed by atoms with Crippen molar-refractivity contribution in [1.29, 1.82) is 0 Å². The van der Waals surface area contributed by atoms with Crippen molar-refractivity contribution in [3.05, 3.63) is 82.8 Å². The first kappa shape index (κ1) is 26.0. The number of halogens is 3. The molecule has 4 aliphatic rings. The van der Waals surface area contributed by atoms with Gasteiger partial charge in [-0.05, 0) is 75.9 Å². The molecule has 0 N–H and O–H groups in total. The van der Waals surface area contributed by atoms with Gasteiger partial charge in [0.15, 0.2) is 5.83 Å². The number of ether oxygens (including phenoxy) is 1. The van der Waals surface area contributed by atoms with Crippen LogP contribution in [0.25, 0.3) is 0 Å². The van der Waals surface area contributed by atoms with Crippen LogP contribution in [0.1, 0.15) is 71.6 Å². The van der Waals surface area contributed by atoms with Crippen LogP contribution >= 0.6 is 0 Å². The van der Waals surface area contributed by atoms with Gasteiger partial charge in [0, 0.05) is 24.4 Å². The fourth-order valence-corrected chi connectivity index (χ4v) is 5.83. The Morgan fingerprint density at radius 1 is 0.886 bits per heavy atom. The summed E-state index contributed by atoms with van der Waals surface area (Å²) in [4.78, 5) is 0. The van der Waals surface area contributed by atoms with E-state index >= 15 is 8.78 Å². The van der Waals surface area contributed by atoms with Crippen molar-refractivity contribution in [1.82, 2.24) is 0 Å². The molecule has 5 atom stereocenters. The molecule has 0 aliphatic heterocycles. The van der Waals surface area contributed by atoms with Crippen molar-refractivity contribution in [3.63, 3.8) is 0 Å². The van der Waals surface area contributed by atoms with Gasteiger partial charge in [0.25, 0.3) is 0 Å². The van der Waals surface area contributed by atoms with Crippen LogP contribution in [0.5, 0.6) is 0 Å². The predicted molar refractivity (Wildman–Crippen MR) is 138 cm³/mol. The quantitative estimate of drug-likeness (QED) is 0.317. The largest absolute Gasteiger partial charge is 0.374 e. The summed E-state index contributed by atoms with van der Waals surface area (Å²) in [7, 11) is 0. The van der Waals surface area contributed by atoms with Crippen LogP contribution < -0.4 is 0 Å². The lowest BCUT2D eigenvalue weighted by Crippen LogP contribution is -2.20. The monoisotopic (exact) mass is 484 g/mol. The summed E-state index contributed by atoms with van der Waals surface area (Å²) in [6, 6.07) is 0. The van der Waals surface area contributed by atoms with Crippen LogP contribution in [-0.2, 0) is 4.74 Å². The van der Waals surface area contributed by atoms with Gasteiger partial charge in [0.1, 0.15) is 11.7 Å². The lowest BCUT2D eigenvalue weighted by Gasteiger charge is -2.30. The third-order valence-electron chi connectivity index (χ3n) is 7.92. The zero-order valence-electron chi connectivity index (χ0n) is 21.1. The van der Waals surface area contributed by atoms with E-state index in [4.69, 9.17) is 4.74 Å². The molecule has 0 saturated carbocycles. The fourth-order valence-electron chi connectivity index (χ4n) is 5.83. The molecular formula is C31H39F3O. The van der Waals surface area contributed by atoms with E-state index in [1.165, 1.54) is 11.1 Å². The highest BCUT2D eigenvalue weighted by Gasteiger charge is 2.33. The Kier molecular flexibility index (Phi) is 9.10. The summed E-state index contributed by atoms with van der Waals surface area (Å²) in [6.07, 6.45) is 23.2. The van der Waals surface area contributed by atoms with Crippen LogP contribution in [-0.4, -0.2) is 12.7 Å². The third-order valence-corrected chi connectivity index (χ3v) is 7.92. The minimum absolute atomic E-state index is 0.0430. The Morgan fingerprint density at radius 2 is 1.66 bits per heavy atom. The minimum Gasteiger partial charge on any atom is -0.374 e. The smallest absolute Gasteiger partial charge is 0.158 e. The molecule has 1 nitrogen and oxygen atoms in total. The van der Waals surface area contributed by atoms with Crippen molar-refractivity contribution in [3.8, 4) is 0 Å². The van der Waals surface area contributed by atoms with E-state index in [0.717, 1.165) is 44.9 Å². The highest BCUT2D eigenvalue weighted by molar-refractivity contribution is 5.41. The highest BCUT2D eigenvalue weighted by Crippen LogP contribution is 2.43. The second-order valence-electron chi connectivity index (χ2n) is 10.3. The Balaban J connectivity index is 1.29. The second-order valence-corrected chi connectivity index (χ2v) is 10.3. The Bertz CT molecular complexity index is 977. The van der Waals surface area contributed by atoms with Crippen molar-refractivity contribution in [2.24, 2.45) is 23.7 Å². The normalized spacial score (nSPS) is 31.2. The molecule has 0 aromatic heterocycles. The van der Waals surface area contributed by atoms with Gasteiger partial charge in [-0.15, -0.1) is 0 Å². The molecule has 0 spiro atoms. The summed E-state index contributed by atoms with van der Waals surface area (Å²) >= 11 is 0. The van der Waals surface area contributed by atoms with Crippen LogP contribution in [0.3, 0.4) is 0 Å². The summed E-state index contributed by atoms with van der Waals surface area (Å²) in [6.45, 7) is 4.68. The lowest BCUT2D eigenvalue weighted by molar-refractivity contribution is 0.0758. The van der Waals surface area contributed by atoms with E-state index in [-0.39, 0.29) is 29.7 Å². The molecule has 0 aromatic rings. The van der Waals surface area contributed by atoms with Crippen molar-refractivity contribution >= 4 is 0 Å². The minimum atomic E-state index is -0.656. The van der Waals surface area contributed by atoms with Gasteiger partial charge in [-0.3, -0.25) is 0 Å². The van der Waals surface area contributed by atoms with Crippen molar-refractivity contribution in [2.45, 2.75) is 77.7 Å². The predicted octanol–water partition coefficient (Wildman–Crippen LogP) is 9.34. The van der Waals surface area contributed by atoms with Gasteiger partial charge >= 0.3 is 0 Å². The number of allylic oxidation sites excluding steroid dienone is 13. The first-order valence-electron chi connectivity index (χ1n) is 13.5. The molecule has 4 heteroatoms. The maximum absolute atomic E-state index is 15.2. The number of hydrogen-bond donors (Lipinski definition) is 0. The molecule has 0 fully saturated rings. The van der Waals surface area contributed by atoms with E-state index < -0.39 is 17.6 Å². The molecule has 5 unspecified atom stereocenters. The van der Waals surface area contributed by atoms with E-state index in [1.54, 1.807) is 6.08 Å². The highest BCUT2D eigenvalue weighted by atomic mass is 19.2. The average molecular weight is 485 g/mol. The molecule has 0 amide bonds. The maximum Gasteiger partial charge on any atom is 0.158 e. The summed E-state index contributed by atoms with van der Waals surface area (Å²) in [5, 5.41) is 0. The molecule has 0 heterocycles. The fraction of sp³-hybridized carbons (Fsp3) is 0.548. The van der Waals surface area contributed by atoms with Gasteiger partial charge in [0.2, 0.25) is 0 Å². The molecule has 0 bridgehead atoms. The third kappa shape index (κ3) is 6.39. The van der Waals surface area contributed by atoms with E-state index in [0.29, 0.717) is 25.0 Å². The molecule has 35 heavy (non-hydrogen) atoms. The summed E-state index contributed by atoms with van der Waals surface area (Å²) in [5.74, 6) is -1.91. The zero-order valence-corrected chi connectivity index (χ0v) is 21.1. The van der Waals surface area contributed by atoms with E-state index in [1.807, 2.05) is 31.2 Å². The van der Waals surface area contributed by atoms with Gasteiger partial charge < -0.3 is 4.74 Å². The van der Waals surface area contributed by atoms with Gasteiger partial charge in [-0.2, -0.15) is 0 Å². The average Bonchev–Trinajstić information content (AvgIpc) is 2.87. The zero-order chi connectivity index (χ0) is 24.8. The summed E-state index contributed by atoms with van der Waals surface area (Å²) in [5.41, 5.74) is 2.96. The van der Waals surface area contributed by atoms with Crippen LogP contribution in [0.4, 0.5) is 13.2 Å². The second kappa shape index (κ2) is 12.3. The van der Waals surface area contributed by atoms with Crippen molar-refractivity contribution in [2.75, 3.05) is 6.61 Å². The molecule has 4 aliphatic carbocycles. The van der Waals surface area contributed by atoms with Crippen LogP contribution in [0, 0.1) is 23.7 Å². The molecule has 0 aromatic carbocycles. The van der Waals surface area contributed by atoms with Crippen LogP contribution in [0.2, 0.25) is 0 Å². The lowest BCUT2D eigenvalue weighted by atomic mass is 9.76. The van der Waals surface area contributed by atoms with Gasteiger partial charge in [-0.1, -0.05) is 67.0 Å². The molecule has 0 radical (unpaired) electrons. The van der Waals surface area contributed by atoms with E-state index in [9.17, 15) is 4.39 Å². The first-order chi connectivity index (χ1) is 17.0. The summed E-state index contributed by atoms with van der Waals surface area (Å²) < 4.78 is 50.2. The molecular weight excluding hydrogens is 445 g/mol. The topological polar surface area (TPSA) is 9.23 Å². The number of rotatable bonds is 9. The molecule has 4 rings (SSSR count). The maximum atomic E-state index is 15.2. The standard InChI is InChI=1S/C31H39F3O/c1-3-5-21-6-11-23(12-7-21)27-18-19-28(31(34)30(27)33)24-13-8-22(9-14-24)10-15-25-16-17-26(35-4-2)20-29(25)32/h6-9,11,13,18,20,23-26,28H,3-5,10,12,14-17,19H2,1-2H3. The van der Waals surface area contributed by atoms with Gasteiger partial charge in [0.05, 0.1) is 6.10 Å². The van der Waals surface area contributed by atoms with Gasteiger partial charge in [-0.25, -0.2) is 13.2 Å². The van der Waals surface area contributed by atoms with Crippen molar-refractivity contribution < 1.29 is 17.9 Å². The first-order valence-corrected chi connectivity index (χ1v) is 13.5.